The molecule has 2 aromatic carbocycles. The second-order valence-corrected chi connectivity index (χ2v) is 8.42. The standard InChI is InChI=1S/C21H29P/c1-2-4-6-8-15-19(14-7-5-3-1)22-21-17-11-13-18-12-9-10-16-20(18)21/h9-13,16-17,19,22H,1-8,14-15H2. The van der Waals surface area contributed by atoms with Crippen molar-refractivity contribution in [3.05, 3.63) is 42.5 Å². The Balaban J connectivity index is 1.70. The molecule has 0 radical (unpaired) electrons. The van der Waals surface area contributed by atoms with Gasteiger partial charge in [0.25, 0.3) is 0 Å². The van der Waals surface area contributed by atoms with Gasteiger partial charge in [0, 0.05) is 0 Å². The molecule has 1 aliphatic carbocycles. The maximum absolute atomic E-state index is 2.37. The van der Waals surface area contributed by atoms with Crippen LogP contribution in [-0.2, 0) is 0 Å². The van der Waals surface area contributed by atoms with E-state index in [4.69, 9.17) is 0 Å². The molecular formula is C21H29P. The van der Waals surface area contributed by atoms with Gasteiger partial charge < -0.3 is 0 Å². The third kappa shape index (κ3) is 4.56. The van der Waals surface area contributed by atoms with E-state index in [9.17, 15) is 0 Å². The molecule has 1 aliphatic rings. The molecule has 118 valence electrons. The zero-order valence-corrected chi connectivity index (χ0v) is 14.7. The number of fused-ring (bicyclic) bond motifs is 1. The first-order valence-electron chi connectivity index (χ1n) is 9.18. The molecule has 0 aromatic heterocycles. The van der Waals surface area contributed by atoms with Crippen LogP contribution in [0.2, 0.25) is 0 Å². The van der Waals surface area contributed by atoms with E-state index < -0.39 is 0 Å². The Labute approximate surface area is 137 Å². The van der Waals surface area contributed by atoms with E-state index in [0.717, 1.165) is 14.2 Å². The van der Waals surface area contributed by atoms with Gasteiger partial charge in [-0.2, -0.15) is 0 Å². The minimum Gasteiger partial charge on any atom is -0.0865 e. The van der Waals surface area contributed by atoms with E-state index in [1.165, 1.54) is 75.0 Å². The van der Waals surface area contributed by atoms with Crippen molar-refractivity contribution in [2.45, 2.75) is 69.9 Å². The molecule has 0 nitrogen and oxygen atoms in total. The van der Waals surface area contributed by atoms with E-state index >= 15 is 0 Å². The molecule has 0 N–H and O–H groups in total. The second kappa shape index (κ2) is 8.68. The van der Waals surface area contributed by atoms with Crippen molar-refractivity contribution in [3.63, 3.8) is 0 Å². The lowest BCUT2D eigenvalue weighted by Gasteiger charge is -2.18. The highest BCUT2D eigenvalue weighted by atomic mass is 31.1. The topological polar surface area (TPSA) is 0 Å². The fourth-order valence-corrected chi connectivity index (χ4v) is 5.41. The Morgan fingerprint density at radius 2 is 1.23 bits per heavy atom. The van der Waals surface area contributed by atoms with Gasteiger partial charge in [0.15, 0.2) is 0 Å². The van der Waals surface area contributed by atoms with Gasteiger partial charge >= 0.3 is 0 Å². The number of hydrogen-bond donors (Lipinski definition) is 0. The van der Waals surface area contributed by atoms with Crippen LogP contribution in [0.3, 0.4) is 0 Å². The third-order valence-electron chi connectivity index (χ3n) is 5.00. The van der Waals surface area contributed by atoms with Crippen LogP contribution in [0.5, 0.6) is 0 Å². The average molecular weight is 312 g/mol. The van der Waals surface area contributed by atoms with Gasteiger partial charge in [-0.25, -0.2) is 0 Å². The van der Waals surface area contributed by atoms with Gasteiger partial charge in [0.2, 0.25) is 0 Å². The van der Waals surface area contributed by atoms with Crippen LogP contribution in [0.4, 0.5) is 0 Å². The summed E-state index contributed by atoms with van der Waals surface area (Å²) in [6.07, 6.45) is 14.6. The fraction of sp³-hybridized carbons (Fsp3) is 0.524. The zero-order chi connectivity index (χ0) is 15.0. The number of hydrogen-bond acceptors (Lipinski definition) is 0. The molecule has 2 aromatic rings. The van der Waals surface area contributed by atoms with Crippen LogP contribution in [0.1, 0.15) is 64.2 Å². The van der Waals surface area contributed by atoms with Gasteiger partial charge in [-0.3, -0.25) is 0 Å². The zero-order valence-electron chi connectivity index (χ0n) is 13.7. The van der Waals surface area contributed by atoms with E-state index in [1.807, 2.05) is 0 Å². The van der Waals surface area contributed by atoms with Crippen molar-refractivity contribution in [3.8, 4) is 0 Å². The maximum Gasteiger partial charge on any atom is -0.0110 e. The van der Waals surface area contributed by atoms with Crippen molar-refractivity contribution in [1.82, 2.24) is 0 Å². The monoisotopic (exact) mass is 312 g/mol. The summed E-state index contributed by atoms with van der Waals surface area (Å²) in [6.45, 7) is 0. The molecule has 0 amide bonds. The summed E-state index contributed by atoms with van der Waals surface area (Å²) in [6, 6.07) is 15.8. The smallest absolute Gasteiger partial charge is 0.0110 e. The third-order valence-corrected chi connectivity index (χ3v) is 6.74. The minimum absolute atomic E-state index is 0.920. The lowest BCUT2D eigenvalue weighted by atomic mass is 10.1. The Bertz CT molecular complexity index is 558. The molecule has 0 saturated heterocycles. The Morgan fingerprint density at radius 1 is 0.636 bits per heavy atom. The average Bonchev–Trinajstić information content (AvgIpc) is 2.61. The van der Waals surface area contributed by atoms with E-state index in [0.29, 0.717) is 0 Å². The highest BCUT2D eigenvalue weighted by Gasteiger charge is 2.12. The molecular weight excluding hydrogens is 283 g/mol. The van der Waals surface area contributed by atoms with Crippen LogP contribution < -0.4 is 5.30 Å². The summed E-state index contributed by atoms with van der Waals surface area (Å²) in [5.74, 6) is 0. The van der Waals surface area contributed by atoms with Crippen molar-refractivity contribution >= 4 is 24.7 Å². The summed E-state index contributed by atoms with van der Waals surface area (Å²) >= 11 is 0. The lowest BCUT2D eigenvalue weighted by Crippen LogP contribution is -2.08. The maximum atomic E-state index is 2.37. The van der Waals surface area contributed by atoms with Gasteiger partial charge in [-0.1, -0.05) is 102 Å². The van der Waals surface area contributed by atoms with Crippen LogP contribution >= 0.6 is 8.58 Å². The van der Waals surface area contributed by atoms with Gasteiger partial charge in [-0.15, -0.1) is 0 Å². The Hall–Kier alpha value is -0.870. The molecule has 3 rings (SSSR count). The van der Waals surface area contributed by atoms with Crippen molar-refractivity contribution < 1.29 is 0 Å². The fourth-order valence-electron chi connectivity index (χ4n) is 3.70. The second-order valence-electron chi connectivity index (χ2n) is 6.77. The first-order valence-corrected chi connectivity index (χ1v) is 10.3. The number of benzene rings is 2. The summed E-state index contributed by atoms with van der Waals surface area (Å²) in [4.78, 5) is 0. The van der Waals surface area contributed by atoms with Crippen molar-refractivity contribution in [2.75, 3.05) is 0 Å². The molecule has 1 saturated carbocycles. The molecule has 0 spiro atoms. The van der Waals surface area contributed by atoms with E-state index in [2.05, 4.69) is 42.5 Å². The SMILES string of the molecule is c1ccc2c(PC3CCCCCCCCCC3)cccc2c1. The van der Waals surface area contributed by atoms with Gasteiger partial charge in [0.05, 0.1) is 0 Å². The molecule has 1 heteroatoms. The lowest BCUT2D eigenvalue weighted by molar-refractivity contribution is 0.585. The van der Waals surface area contributed by atoms with Crippen molar-refractivity contribution in [1.29, 1.82) is 0 Å². The highest BCUT2D eigenvalue weighted by molar-refractivity contribution is 7.48. The molecule has 1 atom stereocenters. The molecule has 22 heavy (non-hydrogen) atoms. The largest absolute Gasteiger partial charge is 0.0865 e. The van der Waals surface area contributed by atoms with E-state index in [-0.39, 0.29) is 0 Å². The minimum atomic E-state index is 0.920. The normalized spacial score (nSPS) is 19.5. The summed E-state index contributed by atoms with van der Waals surface area (Å²) in [5, 5.41) is 4.49. The van der Waals surface area contributed by atoms with Crippen LogP contribution in [0.25, 0.3) is 10.8 Å². The number of rotatable bonds is 2. The van der Waals surface area contributed by atoms with Crippen LogP contribution in [-0.4, -0.2) is 5.66 Å². The summed E-state index contributed by atoms with van der Waals surface area (Å²) < 4.78 is 0. The van der Waals surface area contributed by atoms with Gasteiger partial charge in [-0.05, 0) is 34.6 Å². The van der Waals surface area contributed by atoms with Crippen LogP contribution in [0, 0.1) is 0 Å². The predicted molar refractivity (Wildman–Crippen MR) is 102 cm³/mol. The first-order chi connectivity index (χ1) is 10.9. The quantitative estimate of drug-likeness (QED) is 0.561. The van der Waals surface area contributed by atoms with E-state index in [1.54, 1.807) is 5.30 Å². The molecule has 0 aliphatic heterocycles. The van der Waals surface area contributed by atoms with Crippen LogP contribution in [0.15, 0.2) is 42.5 Å². The molecule has 1 unspecified atom stereocenters. The summed E-state index contributed by atoms with van der Waals surface area (Å²) in [7, 11) is 0.992. The Kier molecular flexibility index (Phi) is 6.32. The Morgan fingerprint density at radius 3 is 1.95 bits per heavy atom. The summed E-state index contributed by atoms with van der Waals surface area (Å²) in [5.41, 5.74) is 0.920. The molecule has 0 heterocycles. The molecule has 0 bridgehead atoms. The highest BCUT2D eigenvalue weighted by Crippen LogP contribution is 2.32. The van der Waals surface area contributed by atoms with Gasteiger partial charge in [0.1, 0.15) is 0 Å². The predicted octanol–water partition coefficient (Wildman–Crippen LogP) is 6.43. The van der Waals surface area contributed by atoms with Crippen molar-refractivity contribution in [2.24, 2.45) is 0 Å². The first kappa shape index (κ1) is 16.0. The molecule has 1 fully saturated rings.